The zero-order chi connectivity index (χ0) is 12.3. The molecule has 0 aliphatic carbocycles. The minimum absolute atomic E-state index is 0.366. The number of hydrogen-bond acceptors (Lipinski definition) is 3. The molecule has 1 aromatic carbocycles. The van der Waals surface area contributed by atoms with Gasteiger partial charge in [0.2, 0.25) is 0 Å². The van der Waals surface area contributed by atoms with Crippen LogP contribution in [0.1, 0.15) is 13.8 Å². The normalized spacial score (nSPS) is 9.76. The van der Waals surface area contributed by atoms with Crippen LogP contribution in [0.3, 0.4) is 0 Å². The van der Waals surface area contributed by atoms with E-state index in [4.69, 9.17) is 9.15 Å². The molecule has 0 atom stereocenters. The predicted molar refractivity (Wildman–Crippen MR) is 66.1 cm³/mol. The number of rotatable bonds is 2. The fourth-order valence-electron chi connectivity index (χ4n) is 1.33. The van der Waals surface area contributed by atoms with E-state index < -0.39 is 0 Å². The highest BCUT2D eigenvalue weighted by Gasteiger charge is 1.99. The summed E-state index contributed by atoms with van der Waals surface area (Å²) in [5, 5.41) is 0.864. The van der Waals surface area contributed by atoms with Gasteiger partial charge in [0.15, 0.2) is 0 Å². The van der Waals surface area contributed by atoms with Gasteiger partial charge in [-0.3, -0.25) is 0 Å². The van der Waals surface area contributed by atoms with E-state index in [0.717, 1.165) is 11.0 Å². The Morgan fingerprint density at radius 3 is 2.82 bits per heavy atom. The summed E-state index contributed by atoms with van der Waals surface area (Å²) in [6.07, 6.45) is 1.48. The number of ether oxygens (including phenoxy) is 1. The van der Waals surface area contributed by atoms with E-state index in [1.165, 1.54) is 12.3 Å². The minimum atomic E-state index is -0.366. The SMILES string of the molecule is CC(C)=C=COc1ccc2ccc(=O)oc2c1. The average molecular weight is 228 g/mol. The summed E-state index contributed by atoms with van der Waals surface area (Å²) in [6, 6.07) is 8.44. The van der Waals surface area contributed by atoms with Crippen LogP contribution < -0.4 is 10.4 Å². The van der Waals surface area contributed by atoms with Gasteiger partial charge in [-0.25, -0.2) is 4.79 Å². The standard InChI is InChI=1S/C14H12O3/c1-10(2)7-8-16-12-5-3-11-4-6-14(15)17-13(11)9-12/h3-6,8-9H,1-2H3. The molecule has 0 aliphatic heterocycles. The van der Waals surface area contributed by atoms with E-state index in [2.05, 4.69) is 5.73 Å². The van der Waals surface area contributed by atoms with Gasteiger partial charge in [-0.2, -0.15) is 0 Å². The molecule has 0 saturated heterocycles. The molecular formula is C14H12O3. The Morgan fingerprint density at radius 1 is 1.29 bits per heavy atom. The van der Waals surface area contributed by atoms with Gasteiger partial charge < -0.3 is 9.15 Å². The molecule has 0 bridgehead atoms. The molecule has 0 fully saturated rings. The van der Waals surface area contributed by atoms with E-state index in [1.807, 2.05) is 26.0 Å². The van der Waals surface area contributed by atoms with E-state index >= 15 is 0 Å². The quantitative estimate of drug-likeness (QED) is 0.450. The second kappa shape index (κ2) is 4.73. The van der Waals surface area contributed by atoms with Crippen LogP contribution in [-0.4, -0.2) is 0 Å². The van der Waals surface area contributed by atoms with Crippen LogP contribution in [0.5, 0.6) is 5.75 Å². The van der Waals surface area contributed by atoms with E-state index in [1.54, 1.807) is 12.1 Å². The van der Waals surface area contributed by atoms with Crippen LogP contribution in [-0.2, 0) is 0 Å². The smallest absolute Gasteiger partial charge is 0.336 e. The molecular weight excluding hydrogens is 216 g/mol. The maximum atomic E-state index is 11.1. The first kappa shape index (κ1) is 11.2. The van der Waals surface area contributed by atoms with Crippen LogP contribution in [0.15, 0.2) is 57.1 Å². The molecule has 0 radical (unpaired) electrons. The van der Waals surface area contributed by atoms with E-state index in [9.17, 15) is 4.79 Å². The molecule has 3 nitrogen and oxygen atoms in total. The van der Waals surface area contributed by atoms with E-state index in [0.29, 0.717) is 11.3 Å². The highest BCUT2D eigenvalue weighted by Crippen LogP contribution is 2.19. The fourth-order valence-corrected chi connectivity index (χ4v) is 1.33. The molecule has 0 N–H and O–H groups in total. The summed E-state index contributed by atoms with van der Waals surface area (Å²) < 4.78 is 10.4. The average Bonchev–Trinajstić information content (AvgIpc) is 2.28. The van der Waals surface area contributed by atoms with Crippen molar-refractivity contribution in [3.8, 4) is 5.75 Å². The topological polar surface area (TPSA) is 39.4 Å². The van der Waals surface area contributed by atoms with Crippen molar-refractivity contribution in [3.63, 3.8) is 0 Å². The third-order valence-electron chi connectivity index (χ3n) is 2.14. The molecule has 1 aromatic heterocycles. The maximum Gasteiger partial charge on any atom is 0.336 e. The van der Waals surface area contributed by atoms with Gasteiger partial charge in [-0.1, -0.05) is 5.73 Å². The highest BCUT2D eigenvalue weighted by molar-refractivity contribution is 5.77. The molecule has 0 spiro atoms. The van der Waals surface area contributed by atoms with Crippen molar-refractivity contribution in [2.45, 2.75) is 13.8 Å². The monoisotopic (exact) mass is 228 g/mol. The zero-order valence-corrected chi connectivity index (χ0v) is 9.69. The number of benzene rings is 1. The molecule has 0 unspecified atom stereocenters. The summed E-state index contributed by atoms with van der Waals surface area (Å²) in [5.74, 6) is 0.612. The number of allylic oxidation sites excluding steroid dienone is 1. The second-order valence-corrected chi connectivity index (χ2v) is 3.83. The number of hydrogen-bond donors (Lipinski definition) is 0. The van der Waals surface area contributed by atoms with Gasteiger partial charge in [0.1, 0.15) is 17.6 Å². The number of fused-ring (bicyclic) bond motifs is 1. The molecule has 0 saturated carbocycles. The minimum Gasteiger partial charge on any atom is -0.457 e. The molecule has 0 aliphatic rings. The van der Waals surface area contributed by atoms with Crippen molar-refractivity contribution < 1.29 is 9.15 Å². The third kappa shape index (κ3) is 2.86. The molecule has 2 aromatic rings. The van der Waals surface area contributed by atoms with Crippen LogP contribution in [0.25, 0.3) is 11.0 Å². The van der Waals surface area contributed by atoms with Crippen LogP contribution in [0.2, 0.25) is 0 Å². The summed E-state index contributed by atoms with van der Waals surface area (Å²) in [5.41, 5.74) is 4.10. The Hall–Kier alpha value is -2.25. The van der Waals surface area contributed by atoms with Crippen molar-refractivity contribution in [3.05, 3.63) is 58.3 Å². The van der Waals surface area contributed by atoms with Crippen molar-refractivity contribution in [1.29, 1.82) is 0 Å². The van der Waals surface area contributed by atoms with Crippen LogP contribution in [0.4, 0.5) is 0 Å². The van der Waals surface area contributed by atoms with Crippen LogP contribution in [0, 0.1) is 0 Å². The summed E-state index contributed by atoms with van der Waals surface area (Å²) in [7, 11) is 0. The lowest BCUT2D eigenvalue weighted by molar-refractivity contribution is 0.480. The molecule has 3 heteroatoms. The fraction of sp³-hybridized carbons (Fsp3) is 0.143. The van der Waals surface area contributed by atoms with Gasteiger partial charge in [-0.05, 0) is 37.6 Å². The first-order valence-electron chi connectivity index (χ1n) is 5.24. The Balaban J connectivity index is 2.37. The summed E-state index contributed by atoms with van der Waals surface area (Å²) in [6.45, 7) is 3.86. The van der Waals surface area contributed by atoms with Gasteiger partial charge in [0.05, 0.1) is 0 Å². The largest absolute Gasteiger partial charge is 0.457 e. The first-order chi connectivity index (χ1) is 8.15. The van der Waals surface area contributed by atoms with Gasteiger partial charge >= 0.3 is 5.63 Å². The lowest BCUT2D eigenvalue weighted by Crippen LogP contribution is -1.94. The summed E-state index contributed by atoms with van der Waals surface area (Å²) >= 11 is 0. The van der Waals surface area contributed by atoms with Gasteiger partial charge in [0, 0.05) is 17.5 Å². The van der Waals surface area contributed by atoms with Crippen molar-refractivity contribution in [2.24, 2.45) is 0 Å². The Labute approximate surface area is 98.6 Å². The molecule has 86 valence electrons. The lowest BCUT2D eigenvalue weighted by Gasteiger charge is -2.00. The molecule has 2 rings (SSSR count). The van der Waals surface area contributed by atoms with Crippen LogP contribution >= 0.6 is 0 Å². The van der Waals surface area contributed by atoms with Crippen molar-refractivity contribution >= 4 is 11.0 Å². The second-order valence-electron chi connectivity index (χ2n) is 3.83. The molecule has 0 amide bonds. The third-order valence-corrected chi connectivity index (χ3v) is 2.14. The van der Waals surface area contributed by atoms with E-state index in [-0.39, 0.29) is 5.63 Å². The molecule has 1 heterocycles. The zero-order valence-electron chi connectivity index (χ0n) is 9.69. The maximum absolute atomic E-state index is 11.1. The predicted octanol–water partition coefficient (Wildman–Crippen LogP) is 3.25. The molecule has 17 heavy (non-hydrogen) atoms. The first-order valence-corrected chi connectivity index (χ1v) is 5.24. The Morgan fingerprint density at radius 2 is 2.06 bits per heavy atom. The van der Waals surface area contributed by atoms with Gasteiger partial charge in [0.25, 0.3) is 0 Å². The van der Waals surface area contributed by atoms with Crippen molar-refractivity contribution in [1.82, 2.24) is 0 Å². The van der Waals surface area contributed by atoms with Crippen molar-refractivity contribution in [2.75, 3.05) is 0 Å². The van der Waals surface area contributed by atoms with Gasteiger partial charge in [-0.15, -0.1) is 0 Å². The highest BCUT2D eigenvalue weighted by atomic mass is 16.5. The summed E-state index contributed by atoms with van der Waals surface area (Å²) in [4.78, 5) is 11.1. The lowest BCUT2D eigenvalue weighted by atomic mass is 10.2. The Bertz CT molecular complexity index is 654. The Kier molecular flexibility index (Phi) is 3.12.